The van der Waals surface area contributed by atoms with Crippen molar-refractivity contribution in [3.63, 3.8) is 0 Å². The molecular formula is C18H23NO5. The van der Waals surface area contributed by atoms with E-state index < -0.39 is 11.2 Å². The Labute approximate surface area is 141 Å². The van der Waals surface area contributed by atoms with Gasteiger partial charge in [-0.3, -0.25) is 4.90 Å². The molecule has 6 nitrogen and oxygen atoms in total. The summed E-state index contributed by atoms with van der Waals surface area (Å²) >= 11 is 0. The Balaban J connectivity index is 1.84. The summed E-state index contributed by atoms with van der Waals surface area (Å²) in [5.41, 5.74) is -0.256. The first kappa shape index (κ1) is 16.8. The first-order valence-corrected chi connectivity index (χ1v) is 7.98. The fourth-order valence-electron chi connectivity index (χ4n) is 2.94. The lowest BCUT2D eigenvalue weighted by molar-refractivity contribution is -0.302. The number of benzene rings is 1. The molecule has 0 N–H and O–H groups in total. The van der Waals surface area contributed by atoms with Crippen LogP contribution in [0.5, 0.6) is 5.75 Å². The minimum Gasteiger partial charge on any atom is -0.497 e. The Morgan fingerprint density at radius 1 is 1.29 bits per heavy atom. The Hall–Kier alpha value is -2.05. The number of hydrogen-bond acceptors (Lipinski definition) is 5. The van der Waals surface area contributed by atoms with Crippen molar-refractivity contribution < 1.29 is 24.0 Å². The minimum atomic E-state index is -0.690. The highest BCUT2D eigenvalue weighted by atomic mass is 17.2. The van der Waals surface area contributed by atoms with Crippen LogP contribution in [0.25, 0.3) is 0 Å². The zero-order valence-electron chi connectivity index (χ0n) is 14.4. The van der Waals surface area contributed by atoms with Crippen LogP contribution < -0.4 is 4.74 Å². The van der Waals surface area contributed by atoms with Crippen molar-refractivity contribution in [3.8, 4) is 5.75 Å². The maximum Gasteiger partial charge on any atom is 0.414 e. The van der Waals surface area contributed by atoms with Gasteiger partial charge in [0.1, 0.15) is 11.4 Å². The zero-order valence-corrected chi connectivity index (χ0v) is 14.4. The largest absolute Gasteiger partial charge is 0.497 e. The summed E-state index contributed by atoms with van der Waals surface area (Å²) in [7, 11) is 1.63. The zero-order chi connectivity index (χ0) is 17.4. The topological polar surface area (TPSA) is 57.2 Å². The highest BCUT2D eigenvalue weighted by Gasteiger charge is 2.49. The second kappa shape index (κ2) is 6.11. The van der Waals surface area contributed by atoms with Crippen LogP contribution in [0.3, 0.4) is 0 Å². The Kier molecular flexibility index (Phi) is 4.27. The van der Waals surface area contributed by atoms with Crippen LogP contribution >= 0.6 is 0 Å². The summed E-state index contributed by atoms with van der Waals surface area (Å²) in [6, 6.07) is 7.68. The molecule has 0 bridgehead atoms. The quantitative estimate of drug-likeness (QED) is 0.778. The molecule has 0 spiro atoms. The van der Waals surface area contributed by atoms with Crippen molar-refractivity contribution in [1.29, 1.82) is 0 Å². The normalized spacial score (nSPS) is 26.2. The molecule has 1 aromatic rings. The number of rotatable bonds is 2. The first-order chi connectivity index (χ1) is 11.3. The van der Waals surface area contributed by atoms with E-state index >= 15 is 0 Å². The van der Waals surface area contributed by atoms with E-state index in [1.54, 1.807) is 18.2 Å². The SMILES string of the molecule is COc1ccc(C23C=CN(C(=O)OC(C)(C)C)CC2COO3)cc1. The summed E-state index contributed by atoms with van der Waals surface area (Å²) in [4.78, 5) is 24.7. The van der Waals surface area contributed by atoms with Crippen molar-refractivity contribution in [2.75, 3.05) is 20.3 Å². The Morgan fingerprint density at radius 2 is 2.00 bits per heavy atom. The summed E-state index contributed by atoms with van der Waals surface area (Å²) < 4.78 is 10.6. The fraction of sp³-hybridized carbons (Fsp3) is 0.500. The third-order valence-corrected chi connectivity index (χ3v) is 4.16. The molecule has 2 atom stereocenters. The molecule has 1 amide bonds. The van der Waals surface area contributed by atoms with Crippen LogP contribution in [0.2, 0.25) is 0 Å². The highest BCUT2D eigenvalue weighted by Crippen LogP contribution is 2.44. The van der Waals surface area contributed by atoms with Gasteiger partial charge in [-0.2, -0.15) is 0 Å². The van der Waals surface area contributed by atoms with Gasteiger partial charge in [0.05, 0.1) is 13.7 Å². The molecule has 2 aliphatic heterocycles. The van der Waals surface area contributed by atoms with E-state index in [4.69, 9.17) is 19.2 Å². The predicted molar refractivity (Wildman–Crippen MR) is 87.3 cm³/mol. The molecule has 2 aliphatic rings. The maximum absolute atomic E-state index is 12.3. The number of fused-ring (bicyclic) bond motifs is 1. The molecule has 1 saturated heterocycles. The molecule has 6 heteroatoms. The van der Waals surface area contributed by atoms with Gasteiger partial charge in [0.25, 0.3) is 0 Å². The standard InChI is InChI=1S/C18H23NO5/c1-17(2,3)23-16(20)19-10-9-18(14(11-19)12-22-24-18)13-5-7-15(21-4)8-6-13/h5-10,14H,11-12H2,1-4H3. The van der Waals surface area contributed by atoms with Crippen LogP contribution in [0.1, 0.15) is 26.3 Å². The number of hydrogen-bond donors (Lipinski definition) is 0. The molecule has 1 fully saturated rings. The smallest absolute Gasteiger partial charge is 0.414 e. The molecule has 2 heterocycles. The van der Waals surface area contributed by atoms with E-state index in [0.29, 0.717) is 13.2 Å². The minimum absolute atomic E-state index is 0.0107. The van der Waals surface area contributed by atoms with Gasteiger partial charge < -0.3 is 9.47 Å². The molecule has 1 aromatic carbocycles. The van der Waals surface area contributed by atoms with Gasteiger partial charge in [0.15, 0.2) is 5.60 Å². The van der Waals surface area contributed by atoms with Gasteiger partial charge in [0.2, 0.25) is 0 Å². The van der Waals surface area contributed by atoms with E-state index in [-0.39, 0.29) is 12.0 Å². The lowest BCUT2D eigenvalue weighted by atomic mass is 9.80. The monoisotopic (exact) mass is 333 g/mol. The predicted octanol–water partition coefficient (Wildman–Crippen LogP) is 3.23. The van der Waals surface area contributed by atoms with E-state index in [9.17, 15) is 4.79 Å². The Morgan fingerprint density at radius 3 is 2.62 bits per heavy atom. The van der Waals surface area contributed by atoms with Crippen molar-refractivity contribution in [3.05, 3.63) is 42.1 Å². The number of methoxy groups -OCH3 is 1. The third kappa shape index (κ3) is 3.12. The van der Waals surface area contributed by atoms with Crippen LogP contribution in [0, 0.1) is 5.92 Å². The van der Waals surface area contributed by atoms with Gasteiger partial charge in [-0.25, -0.2) is 14.6 Å². The van der Waals surface area contributed by atoms with Crippen molar-refractivity contribution in [1.82, 2.24) is 4.90 Å². The van der Waals surface area contributed by atoms with E-state index in [1.165, 1.54) is 0 Å². The second-order valence-electron chi connectivity index (χ2n) is 7.03. The average molecular weight is 333 g/mol. The van der Waals surface area contributed by atoms with Gasteiger partial charge in [-0.05, 0) is 44.5 Å². The van der Waals surface area contributed by atoms with Crippen LogP contribution in [-0.2, 0) is 20.1 Å². The lowest BCUT2D eigenvalue weighted by Crippen LogP contribution is -2.45. The van der Waals surface area contributed by atoms with Crippen LogP contribution in [-0.4, -0.2) is 36.9 Å². The molecular weight excluding hydrogens is 310 g/mol. The number of carbonyl (C=O) groups is 1. The van der Waals surface area contributed by atoms with Gasteiger partial charge in [-0.15, -0.1) is 0 Å². The molecule has 24 heavy (non-hydrogen) atoms. The van der Waals surface area contributed by atoms with Gasteiger partial charge >= 0.3 is 6.09 Å². The maximum atomic E-state index is 12.3. The van der Waals surface area contributed by atoms with E-state index in [0.717, 1.165) is 11.3 Å². The molecule has 0 aliphatic carbocycles. The van der Waals surface area contributed by atoms with Crippen molar-refractivity contribution in [2.24, 2.45) is 5.92 Å². The molecule has 2 unspecified atom stereocenters. The van der Waals surface area contributed by atoms with Gasteiger partial charge in [0, 0.05) is 18.7 Å². The van der Waals surface area contributed by atoms with Crippen molar-refractivity contribution >= 4 is 6.09 Å². The van der Waals surface area contributed by atoms with E-state index in [1.807, 2.05) is 51.1 Å². The number of carbonyl (C=O) groups excluding carboxylic acids is 1. The number of nitrogens with zero attached hydrogens (tertiary/aromatic N) is 1. The lowest BCUT2D eigenvalue weighted by Gasteiger charge is -2.36. The van der Waals surface area contributed by atoms with Crippen LogP contribution in [0.15, 0.2) is 36.5 Å². The van der Waals surface area contributed by atoms with Crippen molar-refractivity contribution in [2.45, 2.75) is 32.0 Å². The first-order valence-electron chi connectivity index (χ1n) is 7.98. The third-order valence-electron chi connectivity index (χ3n) is 4.16. The van der Waals surface area contributed by atoms with Gasteiger partial charge in [-0.1, -0.05) is 12.1 Å². The molecule has 0 aromatic heterocycles. The molecule has 0 radical (unpaired) electrons. The van der Waals surface area contributed by atoms with E-state index in [2.05, 4.69) is 0 Å². The summed E-state index contributed by atoms with van der Waals surface area (Å²) in [6.07, 6.45) is 3.21. The highest BCUT2D eigenvalue weighted by molar-refractivity contribution is 5.70. The Bertz CT molecular complexity index is 634. The molecule has 3 rings (SSSR count). The summed E-state index contributed by atoms with van der Waals surface area (Å²) in [5.74, 6) is 0.768. The number of amides is 1. The molecule has 130 valence electrons. The summed E-state index contributed by atoms with van der Waals surface area (Å²) in [5, 5.41) is 0. The fourth-order valence-corrected chi connectivity index (χ4v) is 2.94. The summed E-state index contributed by atoms with van der Waals surface area (Å²) in [6.45, 7) is 6.43. The molecule has 0 saturated carbocycles. The second-order valence-corrected chi connectivity index (χ2v) is 7.03. The van der Waals surface area contributed by atoms with Crippen LogP contribution in [0.4, 0.5) is 4.79 Å². The number of ether oxygens (including phenoxy) is 2. The average Bonchev–Trinajstić information content (AvgIpc) is 2.97.